The number of hydrogen-bond acceptors (Lipinski definition) is 3. The van der Waals surface area contributed by atoms with Crippen molar-refractivity contribution >= 4 is 27.5 Å². The van der Waals surface area contributed by atoms with Gasteiger partial charge in [0.25, 0.3) is 0 Å². The van der Waals surface area contributed by atoms with Crippen molar-refractivity contribution in [3.63, 3.8) is 0 Å². The van der Waals surface area contributed by atoms with Gasteiger partial charge in [-0.15, -0.1) is 0 Å². The van der Waals surface area contributed by atoms with E-state index in [1.54, 1.807) is 12.1 Å². The van der Waals surface area contributed by atoms with Crippen LogP contribution in [0.15, 0.2) is 22.7 Å². The van der Waals surface area contributed by atoms with Gasteiger partial charge in [0.2, 0.25) is 5.91 Å². The van der Waals surface area contributed by atoms with Crippen LogP contribution in [0.2, 0.25) is 0 Å². The van der Waals surface area contributed by atoms with Gasteiger partial charge in [-0.05, 0) is 39.0 Å². The van der Waals surface area contributed by atoms with Crippen molar-refractivity contribution in [2.75, 3.05) is 11.9 Å². The molecule has 0 aliphatic rings. The van der Waals surface area contributed by atoms with Crippen molar-refractivity contribution in [1.82, 2.24) is 5.32 Å². The molecule has 1 aromatic rings. The minimum absolute atomic E-state index is 0.0824. The largest absolute Gasteiger partial charge is 0.376 e. The topological polar surface area (TPSA) is 64.9 Å². The highest BCUT2D eigenvalue weighted by Gasteiger charge is 2.13. The number of amides is 1. The molecular formula is C13H16BrN3O. The first kappa shape index (κ1) is 14.5. The Kier molecular flexibility index (Phi) is 4.74. The van der Waals surface area contributed by atoms with E-state index in [2.05, 4.69) is 32.6 Å². The average Bonchev–Trinajstić information content (AvgIpc) is 2.23. The summed E-state index contributed by atoms with van der Waals surface area (Å²) in [6, 6.07) is 7.31. The number of nitrogens with zero attached hydrogens (tertiary/aromatic N) is 1. The lowest BCUT2D eigenvalue weighted by Crippen LogP contribution is -2.43. The molecule has 0 heterocycles. The van der Waals surface area contributed by atoms with E-state index in [4.69, 9.17) is 5.26 Å². The van der Waals surface area contributed by atoms with Crippen LogP contribution in [0.5, 0.6) is 0 Å². The zero-order chi connectivity index (χ0) is 13.8. The lowest BCUT2D eigenvalue weighted by atomic mass is 10.1. The molecule has 0 saturated heterocycles. The van der Waals surface area contributed by atoms with E-state index in [0.717, 1.165) is 10.2 Å². The van der Waals surface area contributed by atoms with Gasteiger partial charge in [-0.3, -0.25) is 4.79 Å². The molecule has 0 unspecified atom stereocenters. The normalized spacial score (nSPS) is 10.6. The molecule has 0 aromatic heterocycles. The summed E-state index contributed by atoms with van der Waals surface area (Å²) in [5.74, 6) is -0.0824. The molecule has 0 atom stereocenters. The summed E-state index contributed by atoms with van der Waals surface area (Å²) in [6.07, 6.45) is 0. The Hall–Kier alpha value is -1.54. The standard InChI is InChI=1S/C13H16BrN3O/c1-13(2,3)17-12(18)8-16-11-5-9(7-15)4-10(14)6-11/h4-6,16H,8H2,1-3H3,(H,17,18). The number of nitrogens with one attached hydrogen (secondary N) is 2. The Labute approximate surface area is 116 Å². The Morgan fingerprint density at radius 1 is 1.39 bits per heavy atom. The van der Waals surface area contributed by atoms with E-state index in [9.17, 15) is 4.79 Å². The number of halogens is 1. The van der Waals surface area contributed by atoms with Gasteiger partial charge in [-0.1, -0.05) is 15.9 Å². The third kappa shape index (κ3) is 5.19. The Morgan fingerprint density at radius 3 is 2.61 bits per heavy atom. The summed E-state index contributed by atoms with van der Waals surface area (Å²) in [4.78, 5) is 11.6. The van der Waals surface area contributed by atoms with Crippen LogP contribution in [0.3, 0.4) is 0 Å². The Morgan fingerprint density at radius 2 is 2.06 bits per heavy atom. The summed E-state index contributed by atoms with van der Waals surface area (Å²) >= 11 is 3.32. The maximum Gasteiger partial charge on any atom is 0.239 e. The van der Waals surface area contributed by atoms with Crippen molar-refractivity contribution in [3.05, 3.63) is 28.2 Å². The fourth-order valence-corrected chi connectivity index (χ4v) is 1.89. The summed E-state index contributed by atoms with van der Waals surface area (Å²) < 4.78 is 0.806. The second-order valence-electron chi connectivity index (χ2n) is 4.99. The molecule has 96 valence electrons. The molecule has 0 spiro atoms. The smallest absolute Gasteiger partial charge is 0.239 e. The SMILES string of the molecule is CC(C)(C)NC(=O)CNc1cc(Br)cc(C#N)c1. The van der Waals surface area contributed by atoms with E-state index in [1.807, 2.05) is 26.8 Å². The van der Waals surface area contributed by atoms with E-state index < -0.39 is 0 Å². The fraction of sp³-hybridized carbons (Fsp3) is 0.385. The van der Waals surface area contributed by atoms with Gasteiger partial charge < -0.3 is 10.6 Å². The van der Waals surface area contributed by atoms with Gasteiger partial charge in [0.1, 0.15) is 0 Å². The number of rotatable bonds is 3. The minimum atomic E-state index is -0.242. The zero-order valence-electron chi connectivity index (χ0n) is 10.7. The maximum absolute atomic E-state index is 11.6. The number of carbonyl (C=O) groups is 1. The third-order valence-corrected chi connectivity index (χ3v) is 2.45. The molecular weight excluding hydrogens is 294 g/mol. The lowest BCUT2D eigenvalue weighted by Gasteiger charge is -2.20. The van der Waals surface area contributed by atoms with E-state index in [-0.39, 0.29) is 18.0 Å². The van der Waals surface area contributed by atoms with Crippen molar-refractivity contribution in [2.24, 2.45) is 0 Å². The zero-order valence-corrected chi connectivity index (χ0v) is 12.3. The first-order valence-electron chi connectivity index (χ1n) is 5.56. The summed E-state index contributed by atoms with van der Waals surface area (Å²) in [6.45, 7) is 5.96. The molecule has 0 radical (unpaired) electrons. The lowest BCUT2D eigenvalue weighted by molar-refractivity contribution is -0.120. The second kappa shape index (κ2) is 5.87. The molecule has 0 bridgehead atoms. The summed E-state index contributed by atoms with van der Waals surface area (Å²) in [5, 5.41) is 14.7. The maximum atomic E-state index is 11.6. The van der Waals surface area contributed by atoms with Gasteiger partial charge in [0.05, 0.1) is 18.2 Å². The molecule has 0 aliphatic carbocycles. The van der Waals surface area contributed by atoms with E-state index >= 15 is 0 Å². The fourth-order valence-electron chi connectivity index (χ4n) is 1.40. The molecule has 2 N–H and O–H groups in total. The summed E-state index contributed by atoms with van der Waals surface area (Å²) in [5.41, 5.74) is 1.04. The predicted molar refractivity (Wildman–Crippen MR) is 75.2 cm³/mol. The molecule has 1 aromatic carbocycles. The van der Waals surface area contributed by atoms with Crippen molar-refractivity contribution < 1.29 is 4.79 Å². The first-order chi connectivity index (χ1) is 8.30. The van der Waals surface area contributed by atoms with Gasteiger partial charge in [0.15, 0.2) is 0 Å². The molecule has 1 rings (SSSR count). The molecule has 1 amide bonds. The van der Waals surface area contributed by atoms with Gasteiger partial charge in [-0.25, -0.2) is 0 Å². The molecule has 5 heteroatoms. The number of anilines is 1. The van der Waals surface area contributed by atoms with Crippen molar-refractivity contribution in [1.29, 1.82) is 5.26 Å². The van der Waals surface area contributed by atoms with Crippen LogP contribution in [0.1, 0.15) is 26.3 Å². The quantitative estimate of drug-likeness (QED) is 0.902. The Balaban J connectivity index is 2.62. The van der Waals surface area contributed by atoms with Crippen LogP contribution in [-0.4, -0.2) is 18.0 Å². The molecule has 18 heavy (non-hydrogen) atoms. The van der Waals surface area contributed by atoms with E-state index in [0.29, 0.717) is 5.56 Å². The number of benzene rings is 1. The van der Waals surface area contributed by atoms with Gasteiger partial charge in [-0.2, -0.15) is 5.26 Å². The molecule has 0 fully saturated rings. The first-order valence-corrected chi connectivity index (χ1v) is 6.35. The highest BCUT2D eigenvalue weighted by atomic mass is 79.9. The highest BCUT2D eigenvalue weighted by molar-refractivity contribution is 9.10. The number of carbonyl (C=O) groups excluding carboxylic acids is 1. The van der Waals surface area contributed by atoms with Crippen LogP contribution in [0.25, 0.3) is 0 Å². The van der Waals surface area contributed by atoms with Gasteiger partial charge >= 0.3 is 0 Å². The van der Waals surface area contributed by atoms with E-state index in [1.165, 1.54) is 0 Å². The monoisotopic (exact) mass is 309 g/mol. The van der Waals surface area contributed by atoms with Crippen LogP contribution < -0.4 is 10.6 Å². The van der Waals surface area contributed by atoms with Crippen LogP contribution in [0, 0.1) is 11.3 Å². The number of hydrogen-bond donors (Lipinski definition) is 2. The van der Waals surface area contributed by atoms with Crippen LogP contribution in [0.4, 0.5) is 5.69 Å². The molecule has 4 nitrogen and oxygen atoms in total. The minimum Gasteiger partial charge on any atom is -0.376 e. The van der Waals surface area contributed by atoms with Crippen molar-refractivity contribution in [3.8, 4) is 6.07 Å². The van der Waals surface area contributed by atoms with Crippen LogP contribution >= 0.6 is 15.9 Å². The molecule has 0 aliphatic heterocycles. The Bertz CT molecular complexity index is 486. The highest BCUT2D eigenvalue weighted by Crippen LogP contribution is 2.18. The predicted octanol–water partition coefficient (Wildman–Crippen LogP) is 2.65. The molecule has 0 saturated carbocycles. The third-order valence-electron chi connectivity index (χ3n) is 1.99. The van der Waals surface area contributed by atoms with Crippen molar-refractivity contribution in [2.45, 2.75) is 26.3 Å². The summed E-state index contributed by atoms with van der Waals surface area (Å²) in [7, 11) is 0. The second-order valence-corrected chi connectivity index (χ2v) is 5.91. The number of nitriles is 1. The average molecular weight is 310 g/mol. The van der Waals surface area contributed by atoms with Gasteiger partial charge in [0, 0.05) is 15.7 Å². The van der Waals surface area contributed by atoms with Crippen LogP contribution in [-0.2, 0) is 4.79 Å².